The highest BCUT2D eigenvalue weighted by molar-refractivity contribution is 9.09. The third kappa shape index (κ3) is 3.60. The van der Waals surface area contributed by atoms with Gasteiger partial charge >= 0.3 is 12.1 Å². The largest absolute Gasteiger partial charge is 0.471 e. The van der Waals surface area contributed by atoms with Crippen molar-refractivity contribution in [2.45, 2.75) is 6.18 Å². The molecule has 2 nitrogen and oxygen atoms in total. The van der Waals surface area contributed by atoms with E-state index in [0.717, 1.165) is 7.05 Å². The van der Waals surface area contributed by atoms with Crippen molar-refractivity contribution in [3.63, 3.8) is 0 Å². The van der Waals surface area contributed by atoms with E-state index in [0.29, 0.717) is 10.2 Å². The van der Waals surface area contributed by atoms with Crippen molar-refractivity contribution in [2.24, 2.45) is 0 Å². The zero-order chi connectivity index (χ0) is 9.07. The summed E-state index contributed by atoms with van der Waals surface area (Å²) in [4.78, 5) is 11.0. The molecule has 1 amide bonds. The molecule has 66 valence electrons. The van der Waals surface area contributed by atoms with Gasteiger partial charge in [-0.3, -0.25) is 4.79 Å². The molecule has 0 fully saturated rings. The van der Waals surface area contributed by atoms with E-state index in [4.69, 9.17) is 0 Å². The molecule has 0 saturated heterocycles. The van der Waals surface area contributed by atoms with E-state index in [1.165, 1.54) is 0 Å². The van der Waals surface area contributed by atoms with Crippen LogP contribution in [0.15, 0.2) is 0 Å². The Balaban J connectivity index is 4.03. The summed E-state index contributed by atoms with van der Waals surface area (Å²) in [5.41, 5.74) is 0. The first kappa shape index (κ1) is 10.7. The minimum absolute atomic E-state index is 0.0539. The second-order valence-electron chi connectivity index (χ2n) is 1.91. The van der Waals surface area contributed by atoms with E-state index in [-0.39, 0.29) is 6.54 Å². The Labute approximate surface area is 70.5 Å². The Morgan fingerprint density at radius 2 is 2.00 bits per heavy atom. The van der Waals surface area contributed by atoms with Gasteiger partial charge in [0.15, 0.2) is 0 Å². The monoisotopic (exact) mass is 233 g/mol. The van der Waals surface area contributed by atoms with Crippen LogP contribution in [-0.2, 0) is 4.79 Å². The van der Waals surface area contributed by atoms with Crippen molar-refractivity contribution in [1.29, 1.82) is 0 Å². The van der Waals surface area contributed by atoms with Crippen LogP contribution in [0.5, 0.6) is 0 Å². The van der Waals surface area contributed by atoms with Crippen molar-refractivity contribution in [3.05, 3.63) is 0 Å². The highest BCUT2D eigenvalue weighted by atomic mass is 79.9. The molecule has 0 aromatic rings. The first-order valence-corrected chi connectivity index (χ1v) is 3.90. The van der Waals surface area contributed by atoms with E-state index < -0.39 is 12.1 Å². The number of hydrogen-bond acceptors (Lipinski definition) is 1. The maximum atomic E-state index is 11.6. The smallest absolute Gasteiger partial charge is 0.337 e. The Bertz CT molecular complexity index is 147. The van der Waals surface area contributed by atoms with Crippen LogP contribution in [0.4, 0.5) is 13.2 Å². The van der Waals surface area contributed by atoms with E-state index in [2.05, 4.69) is 15.9 Å². The fraction of sp³-hybridized carbons (Fsp3) is 0.800. The molecule has 0 aromatic carbocycles. The van der Waals surface area contributed by atoms with Gasteiger partial charge in [-0.05, 0) is 0 Å². The number of hydrogen-bond donors (Lipinski definition) is 0. The highest BCUT2D eigenvalue weighted by Crippen LogP contribution is 2.17. The average molecular weight is 234 g/mol. The first-order valence-electron chi connectivity index (χ1n) is 2.78. The number of amides is 1. The Morgan fingerprint density at radius 1 is 1.55 bits per heavy atom. The number of carbonyl (C=O) groups excluding carboxylic acids is 1. The predicted molar refractivity (Wildman–Crippen MR) is 37.5 cm³/mol. The lowest BCUT2D eigenvalue weighted by atomic mass is 10.5. The SMILES string of the molecule is CN(CCBr)C(=O)C(F)(F)F. The fourth-order valence-electron chi connectivity index (χ4n) is 0.445. The van der Waals surface area contributed by atoms with Gasteiger partial charge in [0.1, 0.15) is 0 Å². The average Bonchev–Trinajstić information content (AvgIpc) is 1.85. The van der Waals surface area contributed by atoms with Gasteiger partial charge in [-0.15, -0.1) is 0 Å². The van der Waals surface area contributed by atoms with Crippen molar-refractivity contribution >= 4 is 21.8 Å². The minimum Gasteiger partial charge on any atom is -0.337 e. The normalized spacial score (nSPS) is 11.4. The molecule has 0 atom stereocenters. The topological polar surface area (TPSA) is 20.3 Å². The third-order valence-corrected chi connectivity index (χ3v) is 1.36. The number of halogens is 4. The molecule has 0 unspecified atom stereocenters. The Hall–Kier alpha value is -0.260. The van der Waals surface area contributed by atoms with E-state index in [1.807, 2.05) is 0 Å². The van der Waals surface area contributed by atoms with Gasteiger partial charge in [0, 0.05) is 18.9 Å². The van der Waals surface area contributed by atoms with Gasteiger partial charge in [-0.1, -0.05) is 15.9 Å². The summed E-state index contributed by atoms with van der Waals surface area (Å²) in [6.07, 6.45) is -4.75. The zero-order valence-electron chi connectivity index (χ0n) is 5.78. The Kier molecular flexibility index (Phi) is 3.85. The van der Waals surface area contributed by atoms with Gasteiger partial charge in [-0.25, -0.2) is 0 Å². The van der Waals surface area contributed by atoms with Gasteiger partial charge in [0.2, 0.25) is 0 Å². The summed E-state index contributed by atoms with van der Waals surface area (Å²) in [6, 6.07) is 0. The zero-order valence-corrected chi connectivity index (χ0v) is 7.37. The summed E-state index contributed by atoms with van der Waals surface area (Å²) in [6.45, 7) is 0.0539. The van der Waals surface area contributed by atoms with E-state index in [9.17, 15) is 18.0 Å². The van der Waals surface area contributed by atoms with Crippen LogP contribution < -0.4 is 0 Å². The van der Waals surface area contributed by atoms with Crippen LogP contribution >= 0.6 is 15.9 Å². The number of rotatable bonds is 2. The third-order valence-electron chi connectivity index (χ3n) is 1.01. The molecule has 0 aromatic heterocycles. The van der Waals surface area contributed by atoms with Crippen molar-refractivity contribution in [2.75, 3.05) is 18.9 Å². The van der Waals surface area contributed by atoms with Gasteiger partial charge in [0.25, 0.3) is 0 Å². The molecule has 0 rings (SSSR count). The lowest BCUT2D eigenvalue weighted by Crippen LogP contribution is -2.39. The van der Waals surface area contributed by atoms with E-state index in [1.54, 1.807) is 0 Å². The molecule has 0 aliphatic carbocycles. The molecule has 6 heteroatoms. The number of alkyl halides is 4. The molecule has 0 aliphatic heterocycles. The lowest BCUT2D eigenvalue weighted by Gasteiger charge is -2.16. The van der Waals surface area contributed by atoms with Gasteiger partial charge in [-0.2, -0.15) is 13.2 Å². The minimum atomic E-state index is -4.75. The number of nitrogens with zero attached hydrogens (tertiary/aromatic N) is 1. The van der Waals surface area contributed by atoms with E-state index >= 15 is 0 Å². The van der Waals surface area contributed by atoms with Crippen LogP contribution in [0.3, 0.4) is 0 Å². The van der Waals surface area contributed by atoms with Crippen molar-refractivity contribution < 1.29 is 18.0 Å². The quantitative estimate of drug-likeness (QED) is 0.661. The summed E-state index contributed by atoms with van der Waals surface area (Å²) >= 11 is 2.92. The summed E-state index contributed by atoms with van der Waals surface area (Å²) in [5.74, 6) is -1.81. The molecule has 0 spiro atoms. The van der Waals surface area contributed by atoms with Crippen molar-refractivity contribution in [3.8, 4) is 0 Å². The Morgan fingerprint density at radius 3 is 2.27 bits per heavy atom. The second-order valence-corrected chi connectivity index (χ2v) is 2.71. The first-order chi connectivity index (χ1) is 4.89. The fourth-order valence-corrected chi connectivity index (χ4v) is 0.977. The summed E-state index contributed by atoms with van der Waals surface area (Å²) in [5, 5.41) is 0.339. The maximum Gasteiger partial charge on any atom is 0.471 e. The second kappa shape index (κ2) is 3.94. The molecule has 11 heavy (non-hydrogen) atoms. The molecule has 0 heterocycles. The van der Waals surface area contributed by atoms with Crippen LogP contribution in [0.1, 0.15) is 0 Å². The standard InChI is InChI=1S/C5H7BrF3NO/c1-10(3-2-6)4(11)5(7,8)9/h2-3H2,1H3. The highest BCUT2D eigenvalue weighted by Gasteiger charge is 2.40. The summed E-state index contributed by atoms with van der Waals surface area (Å²) in [7, 11) is 1.11. The molecule has 0 radical (unpaired) electrons. The molecule has 0 aliphatic rings. The van der Waals surface area contributed by atoms with Crippen molar-refractivity contribution in [1.82, 2.24) is 4.90 Å². The lowest BCUT2D eigenvalue weighted by molar-refractivity contribution is -0.183. The van der Waals surface area contributed by atoms with Gasteiger partial charge in [0.05, 0.1) is 0 Å². The molecule has 0 bridgehead atoms. The van der Waals surface area contributed by atoms with Gasteiger partial charge < -0.3 is 4.90 Å². The molecule has 0 saturated carbocycles. The molecular formula is C5H7BrF3NO. The predicted octanol–water partition coefficient (Wildman–Crippen LogP) is 1.40. The van der Waals surface area contributed by atoms with Crippen LogP contribution in [0.25, 0.3) is 0 Å². The number of carbonyl (C=O) groups is 1. The molecular weight excluding hydrogens is 227 g/mol. The van der Waals surface area contributed by atoms with Crippen LogP contribution in [0.2, 0.25) is 0 Å². The van der Waals surface area contributed by atoms with Crippen LogP contribution in [0, 0.1) is 0 Å². The maximum absolute atomic E-state index is 11.6. The molecule has 0 N–H and O–H groups in total. The summed E-state index contributed by atoms with van der Waals surface area (Å²) < 4.78 is 34.8. The van der Waals surface area contributed by atoms with Crippen LogP contribution in [-0.4, -0.2) is 35.9 Å².